The standard InChI is InChI=1S/C13H20IN3O2/c1-13(2,3)19-11(18)8-17-7-10(14)12(16-17)15-9-5-4-6-9/h7,9H,4-6,8H2,1-3H3,(H,15,16). The largest absolute Gasteiger partial charge is 0.459 e. The van der Waals surface area contributed by atoms with Gasteiger partial charge in [0.1, 0.15) is 12.1 Å². The summed E-state index contributed by atoms with van der Waals surface area (Å²) in [4.78, 5) is 11.7. The fourth-order valence-corrected chi connectivity index (χ4v) is 2.41. The summed E-state index contributed by atoms with van der Waals surface area (Å²) in [6.07, 6.45) is 5.56. The molecular weight excluding hydrogens is 357 g/mol. The van der Waals surface area contributed by atoms with Gasteiger partial charge in [0.15, 0.2) is 5.82 Å². The van der Waals surface area contributed by atoms with Crippen LogP contribution in [-0.2, 0) is 16.1 Å². The zero-order valence-electron chi connectivity index (χ0n) is 11.6. The normalized spacial score (nSPS) is 16.0. The number of hydrogen-bond acceptors (Lipinski definition) is 4. The highest BCUT2D eigenvalue weighted by Crippen LogP contribution is 2.25. The van der Waals surface area contributed by atoms with Crippen molar-refractivity contribution in [3.63, 3.8) is 0 Å². The van der Waals surface area contributed by atoms with Gasteiger partial charge in [-0.15, -0.1) is 0 Å². The molecule has 6 heteroatoms. The van der Waals surface area contributed by atoms with E-state index in [0.29, 0.717) is 6.04 Å². The van der Waals surface area contributed by atoms with Gasteiger partial charge in [0.2, 0.25) is 0 Å². The molecule has 1 fully saturated rings. The first-order valence-corrected chi connectivity index (χ1v) is 7.63. The molecule has 1 aliphatic rings. The number of carbonyl (C=O) groups excluding carboxylic acids is 1. The van der Waals surface area contributed by atoms with Crippen LogP contribution in [0.3, 0.4) is 0 Å². The van der Waals surface area contributed by atoms with E-state index in [9.17, 15) is 4.79 Å². The summed E-state index contributed by atoms with van der Waals surface area (Å²) in [5.41, 5.74) is -0.454. The second-order valence-electron chi connectivity index (χ2n) is 5.88. The summed E-state index contributed by atoms with van der Waals surface area (Å²) >= 11 is 2.23. The molecule has 0 aromatic carbocycles. The third kappa shape index (κ3) is 4.36. The summed E-state index contributed by atoms with van der Waals surface area (Å²) in [5.74, 6) is 0.607. The number of anilines is 1. The Morgan fingerprint density at radius 3 is 2.79 bits per heavy atom. The van der Waals surface area contributed by atoms with Crippen molar-refractivity contribution >= 4 is 34.4 Å². The molecule has 1 N–H and O–H groups in total. The SMILES string of the molecule is CC(C)(C)OC(=O)Cn1cc(I)c(NC2CCC2)n1. The van der Waals surface area contributed by atoms with Crippen LogP contribution in [0.4, 0.5) is 5.82 Å². The van der Waals surface area contributed by atoms with Crippen molar-refractivity contribution in [2.75, 3.05) is 5.32 Å². The van der Waals surface area contributed by atoms with Crippen molar-refractivity contribution in [2.45, 2.75) is 58.2 Å². The average Bonchev–Trinajstić information content (AvgIpc) is 2.49. The maximum atomic E-state index is 11.7. The molecule has 0 bridgehead atoms. The van der Waals surface area contributed by atoms with Gasteiger partial charge in [-0.3, -0.25) is 9.48 Å². The minimum absolute atomic E-state index is 0.152. The highest BCUT2D eigenvalue weighted by Gasteiger charge is 2.21. The third-order valence-electron chi connectivity index (χ3n) is 2.87. The van der Waals surface area contributed by atoms with Gasteiger partial charge >= 0.3 is 5.97 Å². The summed E-state index contributed by atoms with van der Waals surface area (Å²) in [6, 6.07) is 0.540. The van der Waals surface area contributed by atoms with Crippen LogP contribution in [0.5, 0.6) is 0 Å². The molecule has 0 aliphatic heterocycles. The Morgan fingerprint density at radius 2 is 2.26 bits per heavy atom. The molecule has 1 aromatic heterocycles. The minimum Gasteiger partial charge on any atom is -0.459 e. The molecule has 106 valence electrons. The smallest absolute Gasteiger partial charge is 0.328 e. The second kappa shape index (κ2) is 5.68. The van der Waals surface area contributed by atoms with E-state index in [1.165, 1.54) is 19.3 Å². The Morgan fingerprint density at radius 1 is 1.58 bits per heavy atom. The van der Waals surface area contributed by atoms with Crippen molar-refractivity contribution < 1.29 is 9.53 Å². The quantitative estimate of drug-likeness (QED) is 0.648. The molecule has 0 amide bonds. The molecule has 1 heterocycles. The first-order valence-electron chi connectivity index (χ1n) is 6.55. The van der Waals surface area contributed by atoms with E-state index in [1.807, 2.05) is 27.0 Å². The maximum absolute atomic E-state index is 11.7. The van der Waals surface area contributed by atoms with E-state index in [4.69, 9.17) is 4.74 Å². The predicted octanol–water partition coefficient (Wildman–Crippen LogP) is 2.79. The average molecular weight is 377 g/mol. The van der Waals surface area contributed by atoms with E-state index in [1.54, 1.807) is 4.68 Å². The molecule has 5 nitrogen and oxygen atoms in total. The van der Waals surface area contributed by atoms with E-state index in [2.05, 4.69) is 33.0 Å². The molecule has 0 unspecified atom stereocenters. The van der Waals surface area contributed by atoms with Crippen molar-refractivity contribution in [1.82, 2.24) is 9.78 Å². The number of nitrogens with zero attached hydrogens (tertiary/aromatic N) is 2. The van der Waals surface area contributed by atoms with Gasteiger partial charge in [-0.25, -0.2) is 0 Å². The molecule has 1 saturated carbocycles. The van der Waals surface area contributed by atoms with Crippen LogP contribution in [0.2, 0.25) is 0 Å². The first kappa shape index (κ1) is 14.6. The molecule has 1 aromatic rings. The van der Waals surface area contributed by atoms with Crippen LogP contribution in [0.1, 0.15) is 40.0 Å². The number of nitrogens with one attached hydrogen (secondary N) is 1. The topological polar surface area (TPSA) is 56.1 Å². The molecular formula is C13H20IN3O2. The van der Waals surface area contributed by atoms with Crippen LogP contribution >= 0.6 is 22.6 Å². The Hall–Kier alpha value is -0.790. The van der Waals surface area contributed by atoms with E-state index in [-0.39, 0.29) is 12.5 Å². The lowest BCUT2D eigenvalue weighted by molar-refractivity contribution is -0.155. The monoisotopic (exact) mass is 377 g/mol. The summed E-state index contributed by atoms with van der Waals surface area (Å²) in [6.45, 7) is 5.74. The molecule has 0 saturated heterocycles. The van der Waals surface area contributed by atoms with Crippen molar-refractivity contribution in [1.29, 1.82) is 0 Å². The number of carbonyl (C=O) groups is 1. The number of hydrogen-bond donors (Lipinski definition) is 1. The number of aromatic nitrogens is 2. The third-order valence-corrected chi connectivity index (χ3v) is 3.66. The van der Waals surface area contributed by atoms with Gasteiger partial charge in [-0.05, 0) is 62.6 Å². The van der Waals surface area contributed by atoms with Crippen molar-refractivity contribution in [2.24, 2.45) is 0 Å². The van der Waals surface area contributed by atoms with Crippen LogP contribution in [0, 0.1) is 3.57 Å². The van der Waals surface area contributed by atoms with Gasteiger partial charge in [-0.2, -0.15) is 5.10 Å². The highest BCUT2D eigenvalue weighted by molar-refractivity contribution is 14.1. The van der Waals surface area contributed by atoms with Crippen LogP contribution in [0.15, 0.2) is 6.20 Å². The zero-order chi connectivity index (χ0) is 14.0. The van der Waals surface area contributed by atoms with Crippen LogP contribution in [-0.4, -0.2) is 27.4 Å². The lowest BCUT2D eigenvalue weighted by Crippen LogP contribution is -2.28. The number of esters is 1. The zero-order valence-corrected chi connectivity index (χ0v) is 13.7. The molecule has 2 rings (SSSR count). The summed E-state index contributed by atoms with van der Waals surface area (Å²) in [5, 5.41) is 7.80. The number of rotatable bonds is 4. The van der Waals surface area contributed by atoms with Gasteiger partial charge < -0.3 is 10.1 Å². The van der Waals surface area contributed by atoms with Crippen molar-refractivity contribution in [3.05, 3.63) is 9.77 Å². The Balaban J connectivity index is 1.93. The van der Waals surface area contributed by atoms with Crippen LogP contribution in [0.25, 0.3) is 0 Å². The molecule has 0 spiro atoms. The molecule has 0 radical (unpaired) electrons. The van der Waals surface area contributed by atoms with Gasteiger partial charge in [0, 0.05) is 12.2 Å². The molecule has 1 aliphatic carbocycles. The maximum Gasteiger partial charge on any atom is 0.328 e. The molecule has 0 atom stereocenters. The predicted molar refractivity (Wildman–Crippen MR) is 82.1 cm³/mol. The summed E-state index contributed by atoms with van der Waals surface area (Å²) < 4.78 is 7.95. The van der Waals surface area contributed by atoms with E-state index < -0.39 is 5.60 Å². The second-order valence-corrected chi connectivity index (χ2v) is 7.04. The Kier molecular flexibility index (Phi) is 4.37. The fourth-order valence-electron chi connectivity index (χ4n) is 1.83. The number of halogens is 1. The highest BCUT2D eigenvalue weighted by atomic mass is 127. The van der Waals surface area contributed by atoms with E-state index in [0.717, 1.165) is 9.39 Å². The minimum atomic E-state index is -0.454. The van der Waals surface area contributed by atoms with Gasteiger partial charge in [0.05, 0.1) is 3.57 Å². The summed E-state index contributed by atoms with van der Waals surface area (Å²) in [7, 11) is 0. The molecule has 19 heavy (non-hydrogen) atoms. The fraction of sp³-hybridized carbons (Fsp3) is 0.692. The lowest BCUT2D eigenvalue weighted by atomic mass is 9.93. The Bertz CT molecular complexity index is 461. The van der Waals surface area contributed by atoms with Gasteiger partial charge in [-0.1, -0.05) is 0 Å². The first-order chi connectivity index (χ1) is 8.83. The van der Waals surface area contributed by atoms with Crippen molar-refractivity contribution in [3.8, 4) is 0 Å². The number of ether oxygens (including phenoxy) is 1. The lowest BCUT2D eigenvalue weighted by Gasteiger charge is -2.26. The van der Waals surface area contributed by atoms with Crippen LogP contribution < -0.4 is 5.32 Å². The Labute approximate surface area is 127 Å². The van der Waals surface area contributed by atoms with Gasteiger partial charge in [0.25, 0.3) is 0 Å². The van der Waals surface area contributed by atoms with E-state index >= 15 is 0 Å².